The summed E-state index contributed by atoms with van der Waals surface area (Å²) in [5.41, 5.74) is 1.90. The van der Waals surface area contributed by atoms with Gasteiger partial charge < -0.3 is 15.7 Å². The SMILES string of the molecule is O=C(NCc1ccc(F)c(CO)c1)c1cccc(NC(=O)C2CC2)c1. The molecular formula is C19H19FN2O3. The van der Waals surface area contributed by atoms with Crippen molar-refractivity contribution in [2.24, 2.45) is 5.92 Å². The van der Waals surface area contributed by atoms with E-state index in [4.69, 9.17) is 5.11 Å². The fraction of sp³-hybridized carbons (Fsp3) is 0.263. The van der Waals surface area contributed by atoms with E-state index in [0.29, 0.717) is 16.8 Å². The van der Waals surface area contributed by atoms with E-state index in [1.165, 1.54) is 12.1 Å². The molecule has 0 unspecified atom stereocenters. The largest absolute Gasteiger partial charge is 0.392 e. The van der Waals surface area contributed by atoms with E-state index in [1.807, 2.05) is 0 Å². The average Bonchev–Trinajstić information content (AvgIpc) is 3.46. The van der Waals surface area contributed by atoms with E-state index in [9.17, 15) is 14.0 Å². The van der Waals surface area contributed by atoms with Crippen molar-refractivity contribution in [3.05, 3.63) is 65.0 Å². The van der Waals surface area contributed by atoms with Crippen LogP contribution in [-0.4, -0.2) is 16.9 Å². The first kappa shape index (κ1) is 17.1. The van der Waals surface area contributed by atoms with Crippen molar-refractivity contribution < 1.29 is 19.1 Å². The first-order valence-electron chi connectivity index (χ1n) is 8.14. The number of hydrogen-bond donors (Lipinski definition) is 3. The van der Waals surface area contributed by atoms with Gasteiger partial charge in [0, 0.05) is 29.3 Å². The Labute approximate surface area is 144 Å². The zero-order chi connectivity index (χ0) is 17.8. The predicted octanol–water partition coefficient (Wildman–Crippen LogP) is 2.60. The van der Waals surface area contributed by atoms with Crippen molar-refractivity contribution in [1.82, 2.24) is 5.32 Å². The molecule has 0 heterocycles. The van der Waals surface area contributed by atoms with Gasteiger partial charge in [0.2, 0.25) is 5.91 Å². The minimum atomic E-state index is -0.475. The van der Waals surface area contributed by atoms with Crippen LogP contribution in [0, 0.1) is 11.7 Å². The van der Waals surface area contributed by atoms with Gasteiger partial charge >= 0.3 is 0 Å². The van der Waals surface area contributed by atoms with Gasteiger partial charge in [0.25, 0.3) is 5.91 Å². The molecule has 2 amide bonds. The number of rotatable bonds is 6. The van der Waals surface area contributed by atoms with E-state index in [1.54, 1.807) is 30.3 Å². The van der Waals surface area contributed by atoms with Crippen LogP contribution < -0.4 is 10.6 Å². The number of halogens is 1. The Morgan fingerprint density at radius 2 is 1.96 bits per heavy atom. The Hall–Kier alpha value is -2.73. The zero-order valence-electron chi connectivity index (χ0n) is 13.6. The number of carbonyl (C=O) groups excluding carboxylic acids is 2. The summed E-state index contributed by atoms with van der Waals surface area (Å²) in [5, 5.41) is 14.6. The summed E-state index contributed by atoms with van der Waals surface area (Å²) in [7, 11) is 0. The van der Waals surface area contributed by atoms with Crippen LogP contribution in [0.5, 0.6) is 0 Å². The summed E-state index contributed by atoms with van der Waals surface area (Å²) in [5.74, 6) is -0.689. The van der Waals surface area contributed by atoms with Crippen LogP contribution in [-0.2, 0) is 17.9 Å². The van der Waals surface area contributed by atoms with Crippen LogP contribution >= 0.6 is 0 Å². The maximum Gasteiger partial charge on any atom is 0.251 e. The molecule has 0 aliphatic heterocycles. The summed E-state index contributed by atoms with van der Waals surface area (Å²) >= 11 is 0. The highest BCUT2D eigenvalue weighted by Crippen LogP contribution is 2.30. The normalized spacial score (nSPS) is 13.4. The number of carbonyl (C=O) groups is 2. The lowest BCUT2D eigenvalue weighted by Crippen LogP contribution is -2.23. The predicted molar refractivity (Wildman–Crippen MR) is 91.3 cm³/mol. The molecule has 0 radical (unpaired) electrons. The highest BCUT2D eigenvalue weighted by Gasteiger charge is 2.29. The summed E-state index contributed by atoms with van der Waals surface area (Å²) in [6.45, 7) is -0.179. The first-order valence-corrected chi connectivity index (χ1v) is 8.14. The molecule has 3 N–H and O–H groups in total. The Balaban J connectivity index is 1.62. The smallest absolute Gasteiger partial charge is 0.251 e. The van der Waals surface area contributed by atoms with Crippen molar-refractivity contribution in [2.75, 3.05) is 5.32 Å². The first-order chi connectivity index (χ1) is 12.1. The van der Waals surface area contributed by atoms with Crippen molar-refractivity contribution in [3.8, 4) is 0 Å². The van der Waals surface area contributed by atoms with Crippen molar-refractivity contribution in [1.29, 1.82) is 0 Å². The van der Waals surface area contributed by atoms with Gasteiger partial charge in [0.05, 0.1) is 6.61 Å². The number of hydrogen-bond acceptors (Lipinski definition) is 3. The molecule has 5 nitrogen and oxygen atoms in total. The lowest BCUT2D eigenvalue weighted by Gasteiger charge is -2.09. The molecule has 1 saturated carbocycles. The van der Waals surface area contributed by atoms with Crippen LogP contribution in [0.4, 0.5) is 10.1 Å². The van der Waals surface area contributed by atoms with Gasteiger partial charge in [-0.25, -0.2) is 4.39 Å². The van der Waals surface area contributed by atoms with E-state index in [0.717, 1.165) is 12.8 Å². The van der Waals surface area contributed by atoms with E-state index in [2.05, 4.69) is 10.6 Å². The van der Waals surface area contributed by atoms with Gasteiger partial charge in [0.15, 0.2) is 0 Å². The molecule has 2 aromatic carbocycles. The van der Waals surface area contributed by atoms with Crippen LogP contribution in [0.2, 0.25) is 0 Å². The van der Waals surface area contributed by atoms with E-state index < -0.39 is 12.4 Å². The Morgan fingerprint density at radius 3 is 2.68 bits per heavy atom. The molecular weight excluding hydrogens is 323 g/mol. The highest BCUT2D eigenvalue weighted by molar-refractivity contribution is 5.98. The fourth-order valence-corrected chi connectivity index (χ4v) is 2.47. The van der Waals surface area contributed by atoms with Crippen molar-refractivity contribution in [3.63, 3.8) is 0 Å². The number of amides is 2. The maximum absolute atomic E-state index is 13.4. The van der Waals surface area contributed by atoms with Gasteiger partial charge in [-0.05, 0) is 48.7 Å². The summed E-state index contributed by atoms with van der Waals surface area (Å²) in [6, 6.07) is 11.1. The quantitative estimate of drug-likeness (QED) is 0.755. The minimum absolute atomic E-state index is 0.0135. The zero-order valence-corrected chi connectivity index (χ0v) is 13.6. The Morgan fingerprint density at radius 1 is 1.16 bits per heavy atom. The minimum Gasteiger partial charge on any atom is -0.392 e. The topological polar surface area (TPSA) is 78.4 Å². The van der Waals surface area contributed by atoms with Crippen molar-refractivity contribution >= 4 is 17.5 Å². The summed E-state index contributed by atoms with van der Waals surface area (Å²) in [4.78, 5) is 24.1. The summed E-state index contributed by atoms with van der Waals surface area (Å²) < 4.78 is 13.4. The number of benzene rings is 2. The third-order valence-electron chi connectivity index (χ3n) is 4.07. The van der Waals surface area contributed by atoms with Crippen molar-refractivity contribution in [2.45, 2.75) is 26.0 Å². The molecule has 1 aliphatic rings. The molecule has 3 rings (SSSR count). The second-order valence-electron chi connectivity index (χ2n) is 6.11. The Kier molecular flexibility index (Phi) is 5.09. The second-order valence-corrected chi connectivity index (χ2v) is 6.11. The second kappa shape index (κ2) is 7.44. The van der Waals surface area contributed by atoms with Crippen LogP contribution in [0.1, 0.15) is 34.3 Å². The van der Waals surface area contributed by atoms with E-state index >= 15 is 0 Å². The molecule has 1 aliphatic carbocycles. The van der Waals surface area contributed by atoms with Crippen LogP contribution in [0.3, 0.4) is 0 Å². The third kappa shape index (κ3) is 4.42. The molecule has 0 atom stereocenters. The molecule has 6 heteroatoms. The average molecular weight is 342 g/mol. The van der Waals surface area contributed by atoms with Gasteiger partial charge in [-0.2, -0.15) is 0 Å². The monoisotopic (exact) mass is 342 g/mol. The number of nitrogens with one attached hydrogen (secondary N) is 2. The standard InChI is InChI=1S/C19H19FN2O3/c20-17-7-4-12(8-15(17)11-23)10-21-18(24)14-2-1-3-16(9-14)22-19(25)13-5-6-13/h1-4,7-9,13,23H,5-6,10-11H2,(H,21,24)(H,22,25). The summed E-state index contributed by atoms with van der Waals surface area (Å²) in [6.07, 6.45) is 1.83. The van der Waals surface area contributed by atoms with Gasteiger partial charge in [-0.1, -0.05) is 12.1 Å². The number of aliphatic hydroxyl groups is 1. The maximum atomic E-state index is 13.4. The molecule has 0 saturated heterocycles. The number of aliphatic hydroxyl groups excluding tert-OH is 1. The molecule has 0 spiro atoms. The molecule has 0 aromatic heterocycles. The van der Waals surface area contributed by atoms with Gasteiger partial charge in [-0.15, -0.1) is 0 Å². The molecule has 130 valence electrons. The molecule has 0 bridgehead atoms. The molecule has 2 aromatic rings. The fourth-order valence-electron chi connectivity index (χ4n) is 2.47. The Bertz CT molecular complexity index is 803. The van der Waals surface area contributed by atoms with Crippen LogP contribution in [0.15, 0.2) is 42.5 Å². The molecule has 1 fully saturated rings. The lowest BCUT2D eigenvalue weighted by atomic mass is 10.1. The van der Waals surface area contributed by atoms with E-state index in [-0.39, 0.29) is 29.8 Å². The third-order valence-corrected chi connectivity index (χ3v) is 4.07. The van der Waals surface area contributed by atoms with Crippen LogP contribution in [0.25, 0.3) is 0 Å². The highest BCUT2D eigenvalue weighted by atomic mass is 19.1. The van der Waals surface area contributed by atoms with Gasteiger partial charge in [-0.3, -0.25) is 9.59 Å². The number of anilines is 1. The lowest BCUT2D eigenvalue weighted by molar-refractivity contribution is -0.117. The molecule has 25 heavy (non-hydrogen) atoms. The van der Waals surface area contributed by atoms with Gasteiger partial charge in [0.1, 0.15) is 5.82 Å².